The standard InChI is InChI=1S/C11H6ClN3S/c12-10-7(2-1-5-13-10)8-3-4-9-11(15-8)16-6-14-9/h1-6H. The van der Waals surface area contributed by atoms with Crippen molar-refractivity contribution in [2.45, 2.75) is 0 Å². The maximum absolute atomic E-state index is 6.02. The van der Waals surface area contributed by atoms with Gasteiger partial charge in [-0.3, -0.25) is 0 Å². The summed E-state index contributed by atoms with van der Waals surface area (Å²) in [4.78, 5) is 13.6. The monoisotopic (exact) mass is 247 g/mol. The fraction of sp³-hybridized carbons (Fsp3) is 0. The van der Waals surface area contributed by atoms with Gasteiger partial charge in [-0.05, 0) is 24.3 Å². The number of rotatable bonds is 1. The van der Waals surface area contributed by atoms with Crippen LogP contribution in [0, 0.1) is 0 Å². The molecular weight excluding hydrogens is 242 g/mol. The molecule has 0 saturated heterocycles. The molecule has 0 aliphatic rings. The Kier molecular flexibility index (Phi) is 2.31. The van der Waals surface area contributed by atoms with Crippen LogP contribution in [0.25, 0.3) is 21.6 Å². The van der Waals surface area contributed by atoms with E-state index in [1.807, 2.05) is 24.3 Å². The molecule has 0 aromatic carbocycles. The molecule has 0 aliphatic heterocycles. The largest absolute Gasteiger partial charge is 0.244 e. The maximum Gasteiger partial charge on any atom is 0.143 e. The summed E-state index contributed by atoms with van der Waals surface area (Å²) in [5.41, 5.74) is 4.37. The van der Waals surface area contributed by atoms with Crippen molar-refractivity contribution in [3.05, 3.63) is 41.1 Å². The average molecular weight is 248 g/mol. The third-order valence-corrected chi connectivity index (χ3v) is 3.27. The second kappa shape index (κ2) is 3.81. The van der Waals surface area contributed by atoms with Gasteiger partial charge in [-0.2, -0.15) is 0 Å². The Balaban J connectivity index is 2.22. The Bertz CT molecular complexity index is 650. The summed E-state index contributed by atoms with van der Waals surface area (Å²) >= 11 is 7.54. The molecule has 0 amide bonds. The SMILES string of the molecule is Clc1ncccc1-c1ccc2ncsc2n1. The van der Waals surface area contributed by atoms with Crippen LogP contribution in [-0.2, 0) is 0 Å². The molecule has 3 nitrogen and oxygen atoms in total. The van der Waals surface area contributed by atoms with Gasteiger partial charge in [-0.1, -0.05) is 11.6 Å². The van der Waals surface area contributed by atoms with E-state index in [0.29, 0.717) is 5.15 Å². The first-order valence-electron chi connectivity index (χ1n) is 4.66. The molecule has 0 saturated carbocycles. The van der Waals surface area contributed by atoms with Crippen molar-refractivity contribution in [1.82, 2.24) is 15.0 Å². The number of thiazole rings is 1. The van der Waals surface area contributed by atoms with Gasteiger partial charge in [-0.15, -0.1) is 11.3 Å². The van der Waals surface area contributed by atoms with Gasteiger partial charge in [0.05, 0.1) is 16.7 Å². The number of fused-ring (bicyclic) bond motifs is 1. The van der Waals surface area contributed by atoms with Gasteiger partial charge in [-0.25, -0.2) is 15.0 Å². The van der Waals surface area contributed by atoms with Gasteiger partial charge in [0.15, 0.2) is 0 Å². The topological polar surface area (TPSA) is 38.7 Å². The number of pyridine rings is 2. The molecule has 78 valence electrons. The molecule has 0 atom stereocenters. The van der Waals surface area contributed by atoms with E-state index >= 15 is 0 Å². The normalized spacial score (nSPS) is 10.8. The highest BCUT2D eigenvalue weighted by Crippen LogP contribution is 2.26. The van der Waals surface area contributed by atoms with Crippen LogP contribution >= 0.6 is 22.9 Å². The van der Waals surface area contributed by atoms with E-state index in [9.17, 15) is 0 Å². The lowest BCUT2D eigenvalue weighted by Gasteiger charge is -2.01. The third-order valence-electron chi connectivity index (χ3n) is 2.23. The zero-order chi connectivity index (χ0) is 11.0. The summed E-state index contributed by atoms with van der Waals surface area (Å²) in [5.74, 6) is 0. The predicted molar refractivity (Wildman–Crippen MR) is 65.7 cm³/mol. The lowest BCUT2D eigenvalue weighted by Crippen LogP contribution is -1.86. The van der Waals surface area contributed by atoms with Crippen LogP contribution in [0.2, 0.25) is 5.15 Å². The van der Waals surface area contributed by atoms with Gasteiger partial charge in [0.2, 0.25) is 0 Å². The Morgan fingerprint density at radius 1 is 1.12 bits per heavy atom. The number of nitrogens with zero attached hydrogens (tertiary/aromatic N) is 3. The lowest BCUT2D eigenvalue weighted by molar-refractivity contribution is 1.30. The molecule has 3 aromatic heterocycles. The Morgan fingerprint density at radius 3 is 2.94 bits per heavy atom. The van der Waals surface area contributed by atoms with Crippen molar-refractivity contribution in [3.63, 3.8) is 0 Å². The third kappa shape index (κ3) is 1.56. The highest BCUT2D eigenvalue weighted by atomic mass is 35.5. The number of halogens is 1. The van der Waals surface area contributed by atoms with E-state index in [2.05, 4.69) is 15.0 Å². The molecule has 0 aliphatic carbocycles. The fourth-order valence-corrected chi connectivity index (χ4v) is 2.35. The number of hydrogen-bond acceptors (Lipinski definition) is 4. The van der Waals surface area contributed by atoms with Crippen molar-refractivity contribution >= 4 is 33.3 Å². The van der Waals surface area contributed by atoms with Gasteiger partial charge < -0.3 is 0 Å². The summed E-state index contributed by atoms with van der Waals surface area (Å²) < 4.78 is 0. The number of aromatic nitrogens is 3. The van der Waals surface area contributed by atoms with Crippen LogP contribution in [0.1, 0.15) is 0 Å². The van der Waals surface area contributed by atoms with Gasteiger partial charge in [0, 0.05) is 11.8 Å². The van der Waals surface area contributed by atoms with Gasteiger partial charge in [0.25, 0.3) is 0 Å². The van der Waals surface area contributed by atoms with Crippen molar-refractivity contribution in [1.29, 1.82) is 0 Å². The quantitative estimate of drug-likeness (QED) is 0.619. The minimum Gasteiger partial charge on any atom is -0.244 e. The molecule has 0 spiro atoms. The summed E-state index contributed by atoms with van der Waals surface area (Å²) in [6, 6.07) is 7.60. The smallest absolute Gasteiger partial charge is 0.143 e. The molecule has 0 N–H and O–H groups in total. The molecular formula is C11H6ClN3S. The van der Waals surface area contributed by atoms with E-state index in [1.165, 1.54) is 11.3 Å². The predicted octanol–water partition coefficient (Wildman–Crippen LogP) is 3.41. The second-order valence-electron chi connectivity index (χ2n) is 3.21. The molecule has 0 fully saturated rings. The van der Waals surface area contributed by atoms with E-state index in [4.69, 9.17) is 11.6 Å². The van der Waals surface area contributed by atoms with Crippen LogP contribution in [0.5, 0.6) is 0 Å². The summed E-state index contributed by atoms with van der Waals surface area (Å²) in [6.45, 7) is 0. The summed E-state index contributed by atoms with van der Waals surface area (Å²) in [5, 5.41) is 0.471. The van der Waals surface area contributed by atoms with Crippen molar-refractivity contribution in [2.75, 3.05) is 0 Å². The van der Waals surface area contributed by atoms with E-state index < -0.39 is 0 Å². The molecule has 0 unspecified atom stereocenters. The zero-order valence-electron chi connectivity index (χ0n) is 8.09. The van der Waals surface area contributed by atoms with Crippen molar-refractivity contribution in [3.8, 4) is 11.3 Å². The van der Waals surface area contributed by atoms with Crippen molar-refractivity contribution in [2.24, 2.45) is 0 Å². The van der Waals surface area contributed by atoms with Gasteiger partial charge in [0.1, 0.15) is 9.98 Å². The minimum atomic E-state index is 0.471. The average Bonchev–Trinajstić information content (AvgIpc) is 2.76. The molecule has 3 aromatic rings. The van der Waals surface area contributed by atoms with Crippen LogP contribution in [-0.4, -0.2) is 15.0 Å². The van der Waals surface area contributed by atoms with Crippen LogP contribution in [0.15, 0.2) is 36.0 Å². The summed E-state index contributed by atoms with van der Waals surface area (Å²) in [6.07, 6.45) is 1.66. The van der Waals surface area contributed by atoms with Crippen LogP contribution in [0.3, 0.4) is 0 Å². The summed E-state index contributed by atoms with van der Waals surface area (Å²) in [7, 11) is 0. The van der Waals surface area contributed by atoms with Gasteiger partial charge >= 0.3 is 0 Å². The fourth-order valence-electron chi connectivity index (χ4n) is 1.48. The Morgan fingerprint density at radius 2 is 2.06 bits per heavy atom. The zero-order valence-corrected chi connectivity index (χ0v) is 9.66. The first-order chi connectivity index (χ1) is 7.84. The minimum absolute atomic E-state index is 0.471. The van der Waals surface area contributed by atoms with E-state index in [0.717, 1.165) is 21.6 Å². The van der Waals surface area contributed by atoms with E-state index in [1.54, 1.807) is 11.7 Å². The Labute approximate surface area is 101 Å². The second-order valence-corrected chi connectivity index (χ2v) is 4.41. The van der Waals surface area contributed by atoms with Crippen LogP contribution in [0.4, 0.5) is 0 Å². The molecule has 3 rings (SSSR count). The molecule has 0 radical (unpaired) electrons. The molecule has 0 bridgehead atoms. The molecule has 16 heavy (non-hydrogen) atoms. The first-order valence-corrected chi connectivity index (χ1v) is 5.91. The van der Waals surface area contributed by atoms with Crippen LogP contribution < -0.4 is 0 Å². The first kappa shape index (κ1) is 9.69. The highest BCUT2D eigenvalue weighted by molar-refractivity contribution is 7.16. The number of hydrogen-bond donors (Lipinski definition) is 0. The molecule has 3 heterocycles. The lowest BCUT2D eigenvalue weighted by atomic mass is 10.2. The van der Waals surface area contributed by atoms with Crippen molar-refractivity contribution < 1.29 is 0 Å². The van der Waals surface area contributed by atoms with E-state index in [-0.39, 0.29) is 0 Å². The molecule has 5 heteroatoms. The highest BCUT2D eigenvalue weighted by Gasteiger charge is 2.06. The Hall–Kier alpha value is -1.52. The maximum atomic E-state index is 6.02.